The summed E-state index contributed by atoms with van der Waals surface area (Å²) < 4.78 is 1.93. The van der Waals surface area contributed by atoms with Gasteiger partial charge in [-0.25, -0.2) is 4.68 Å². The van der Waals surface area contributed by atoms with Gasteiger partial charge >= 0.3 is 0 Å². The SMILES string of the molecule is Cc1ccc(-n2ccc(CNC(C)C)n2)cc1C. The molecule has 0 aliphatic rings. The summed E-state index contributed by atoms with van der Waals surface area (Å²) in [5.74, 6) is 0. The Bertz CT molecular complexity index is 526. The fourth-order valence-electron chi connectivity index (χ4n) is 1.78. The van der Waals surface area contributed by atoms with Gasteiger partial charge in [-0.2, -0.15) is 5.10 Å². The van der Waals surface area contributed by atoms with E-state index in [0.717, 1.165) is 17.9 Å². The summed E-state index contributed by atoms with van der Waals surface area (Å²) in [5, 5.41) is 7.95. The zero-order valence-corrected chi connectivity index (χ0v) is 11.6. The van der Waals surface area contributed by atoms with Crippen LogP contribution in [0.4, 0.5) is 0 Å². The van der Waals surface area contributed by atoms with Gasteiger partial charge in [-0.05, 0) is 43.2 Å². The number of nitrogens with one attached hydrogen (secondary N) is 1. The van der Waals surface area contributed by atoms with Crippen molar-refractivity contribution in [1.82, 2.24) is 15.1 Å². The normalized spacial score (nSPS) is 11.2. The topological polar surface area (TPSA) is 29.9 Å². The molecule has 0 spiro atoms. The zero-order valence-electron chi connectivity index (χ0n) is 11.6. The van der Waals surface area contributed by atoms with Crippen molar-refractivity contribution in [3.63, 3.8) is 0 Å². The van der Waals surface area contributed by atoms with Crippen molar-refractivity contribution >= 4 is 0 Å². The number of aromatic nitrogens is 2. The maximum absolute atomic E-state index is 4.58. The van der Waals surface area contributed by atoms with Crippen LogP contribution in [0.15, 0.2) is 30.5 Å². The standard InChI is InChI=1S/C15H21N3/c1-11(2)16-10-14-7-8-18(17-14)15-6-5-12(3)13(4)9-15/h5-9,11,16H,10H2,1-4H3. The fraction of sp³-hybridized carbons (Fsp3) is 0.400. The minimum Gasteiger partial charge on any atom is -0.309 e. The van der Waals surface area contributed by atoms with Crippen LogP contribution in [0.1, 0.15) is 30.7 Å². The van der Waals surface area contributed by atoms with Gasteiger partial charge in [0.1, 0.15) is 0 Å². The first-order valence-corrected chi connectivity index (χ1v) is 6.42. The third-order valence-electron chi connectivity index (χ3n) is 3.09. The summed E-state index contributed by atoms with van der Waals surface area (Å²) in [4.78, 5) is 0. The van der Waals surface area contributed by atoms with Crippen molar-refractivity contribution in [2.75, 3.05) is 0 Å². The van der Waals surface area contributed by atoms with E-state index < -0.39 is 0 Å². The van der Waals surface area contributed by atoms with E-state index in [1.165, 1.54) is 11.1 Å². The van der Waals surface area contributed by atoms with Crippen LogP contribution in [0.2, 0.25) is 0 Å². The number of aryl methyl sites for hydroxylation is 2. The fourth-order valence-corrected chi connectivity index (χ4v) is 1.78. The Balaban J connectivity index is 2.16. The van der Waals surface area contributed by atoms with Crippen molar-refractivity contribution < 1.29 is 0 Å². The van der Waals surface area contributed by atoms with Crippen molar-refractivity contribution in [3.8, 4) is 5.69 Å². The Hall–Kier alpha value is -1.61. The summed E-state index contributed by atoms with van der Waals surface area (Å²) in [6, 6.07) is 8.96. The van der Waals surface area contributed by atoms with E-state index in [1.54, 1.807) is 0 Å². The number of hydrogen-bond acceptors (Lipinski definition) is 2. The van der Waals surface area contributed by atoms with E-state index >= 15 is 0 Å². The highest BCUT2D eigenvalue weighted by Crippen LogP contribution is 2.13. The Labute approximate surface area is 109 Å². The average molecular weight is 243 g/mol. The van der Waals surface area contributed by atoms with Gasteiger partial charge in [-0.15, -0.1) is 0 Å². The lowest BCUT2D eigenvalue weighted by Crippen LogP contribution is -2.22. The number of nitrogens with zero attached hydrogens (tertiary/aromatic N) is 2. The molecule has 1 heterocycles. The highest BCUT2D eigenvalue weighted by Gasteiger charge is 2.03. The van der Waals surface area contributed by atoms with Crippen LogP contribution < -0.4 is 5.32 Å². The summed E-state index contributed by atoms with van der Waals surface area (Å²) in [6.45, 7) is 9.35. The molecule has 0 unspecified atom stereocenters. The Morgan fingerprint density at radius 3 is 2.61 bits per heavy atom. The Morgan fingerprint density at radius 1 is 1.17 bits per heavy atom. The third-order valence-corrected chi connectivity index (χ3v) is 3.09. The minimum absolute atomic E-state index is 0.483. The molecule has 0 saturated carbocycles. The second kappa shape index (κ2) is 5.36. The number of benzene rings is 1. The van der Waals surface area contributed by atoms with E-state index in [1.807, 2.05) is 10.9 Å². The average Bonchev–Trinajstić information content (AvgIpc) is 2.79. The largest absolute Gasteiger partial charge is 0.309 e. The van der Waals surface area contributed by atoms with Gasteiger partial charge in [0.25, 0.3) is 0 Å². The van der Waals surface area contributed by atoms with Gasteiger partial charge < -0.3 is 5.32 Å². The van der Waals surface area contributed by atoms with Gasteiger partial charge in [0.15, 0.2) is 0 Å². The highest BCUT2D eigenvalue weighted by atomic mass is 15.3. The summed E-state index contributed by atoms with van der Waals surface area (Å²) in [5.41, 5.74) is 4.80. The monoisotopic (exact) mass is 243 g/mol. The summed E-state index contributed by atoms with van der Waals surface area (Å²) in [6.07, 6.45) is 2.02. The Morgan fingerprint density at radius 2 is 1.94 bits per heavy atom. The molecule has 2 aromatic rings. The van der Waals surface area contributed by atoms with E-state index in [0.29, 0.717) is 6.04 Å². The van der Waals surface area contributed by atoms with Crippen molar-refractivity contribution in [3.05, 3.63) is 47.3 Å². The van der Waals surface area contributed by atoms with E-state index in [-0.39, 0.29) is 0 Å². The van der Waals surface area contributed by atoms with Gasteiger partial charge in [0.05, 0.1) is 11.4 Å². The second-order valence-electron chi connectivity index (χ2n) is 5.06. The molecule has 0 aliphatic carbocycles. The molecule has 1 aromatic carbocycles. The predicted octanol–water partition coefficient (Wildman–Crippen LogP) is 2.99. The summed E-state index contributed by atoms with van der Waals surface area (Å²) >= 11 is 0. The molecule has 0 amide bonds. The van der Waals surface area contributed by atoms with Crippen LogP contribution in [0.25, 0.3) is 5.69 Å². The molecule has 1 aromatic heterocycles. The van der Waals surface area contributed by atoms with Crippen molar-refractivity contribution in [1.29, 1.82) is 0 Å². The quantitative estimate of drug-likeness (QED) is 0.894. The highest BCUT2D eigenvalue weighted by molar-refractivity contribution is 5.39. The minimum atomic E-state index is 0.483. The van der Waals surface area contributed by atoms with Crippen LogP contribution in [0, 0.1) is 13.8 Å². The molecule has 0 aliphatic heterocycles. The number of hydrogen-bond donors (Lipinski definition) is 1. The molecular formula is C15H21N3. The predicted molar refractivity (Wildman–Crippen MR) is 75.0 cm³/mol. The lowest BCUT2D eigenvalue weighted by Gasteiger charge is -2.06. The second-order valence-corrected chi connectivity index (χ2v) is 5.06. The molecule has 96 valence electrons. The molecule has 1 N–H and O–H groups in total. The van der Waals surface area contributed by atoms with Crippen LogP contribution >= 0.6 is 0 Å². The van der Waals surface area contributed by atoms with Crippen molar-refractivity contribution in [2.45, 2.75) is 40.3 Å². The molecule has 0 radical (unpaired) electrons. The van der Waals surface area contributed by atoms with Crippen LogP contribution in [0.3, 0.4) is 0 Å². The van der Waals surface area contributed by atoms with Gasteiger partial charge in [0.2, 0.25) is 0 Å². The Kier molecular flexibility index (Phi) is 3.82. The molecule has 0 fully saturated rings. The molecular weight excluding hydrogens is 222 g/mol. The van der Waals surface area contributed by atoms with Crippen LogP contribution in [0.5, 0.6) is 0 Å². The summed E-state index contributed by atoms with van der Waals surface area (Å²) in [7, 11) is 0. The van der Waals surface area contributed by atoms with E-state index in [2.05, 4.69) is 62.4 Å². The first-order valence-electron chi connectivity index (χ1n) is 6.42. The molecule has 0 saturated heterocycles. The van der Waals surface area contributed by atoms with Gasteiger partial charge in [-0.1, -0.05) is 19.9 Å². The third kappa shape index (κ3) is 2.99. The molecule has 0 bridgehead atoms. The molecule has 18 heavy (non-hydrogen) atoms. The zero-order chi connectivity index (χ0) is 13.1. The first kappa shape index (κ1) is 12.8. The lowest BCUT2D eigenvalue weighted by molar-refractivity contribution is 0.578. The molecule has 0 atom stereocenters. The van der Waals surface area contributed by atoms with Crippen LogP contribution in [-0.2, 0) is 6.54 Å². The van der Waals surface area contributed by atoms with Gasteiger partial charge in [0, 0.05) is 18.8 Å². The van der Waals surface area contributed by atoms with E-state index in [4.69, 9.17) is 0 Å². The molecule has 3 heteroatoms. The van der Waals surface area contributed by atoms with Crippen LogP contribution in [-0.4, -0.2) is 15.8 Å². The maximum Gasteiger partial charge on any atom is 0.0766 e. The van der Waals surface area contributed by atoms with Gasteiger partial charge in [-0.3, -0.25) is 0 Å². The molecule has 2 rings (SSSR count). The lowest BCUT2D eigenvalue weighted by atomic mass is 10.1. The van der Waals surface area contributed by atoms with Crippen molar-refractivity contribution in [2.24, 2.45) is 0 Å². The van der Waals surface area contributed by atoms with E-state index in [9.17, 15) is 0 Å². The smallest absolute Gasteiger partial charge is 0.0766 e. The molecule has 3 nitrogen and oxygen atoms in total. The number of rotatable bonds is 4. The maximum atomic E-state index is 4.58. The first-order chi connectivity index (χ1) is 8.56.